The summed E-state index contributed by atoms with van der Waals surface area (Å²) in [6.45, 7) is 2.21. The van der Waals surface area contributed by atoms with Gasteiger partial charge in [-0.25, -0.2) is 4.39 Å². The van der Waals surface area contributed by atoms with Gasteiger partial charge in [0.2, 0.25) is 5.91 Å². The zero-order valence-corrected chi connectivity index (χ0v) is 9.55. The van der Waals surface area contributed by atoms with Crippen LogP contribution >= 0.6 is 0 Å². The fourth-order valence-electron chi connectivity index (χ4n) is 1.26. The number of aryl methyl sites for hydroxylation is 1. The van der Waals surface area contributed by atoms with Crippen molar-refractivity contribution in [2.75, 3.05) is 13.7 Å². The van der Waals surface area contributed by atoms with Crippen molar-refractivity contribution in [1.29, 1.82) is 0 Å². The Hall–Kier alpha value is -1.58. The molecule has 3 nitrogen and oxygen atoms in total. The Labute approximate surface area is 94.6 Å². The lowest BCUT2D eigenvalue weighted by atomic mass is 10.2. The van der Waals surface area contributed by atoms with Crippen molar-refractivity contribution in [2.24, 2.45) is 0 Å². The SMILES string of the molecule is CNC(=O)CCCOc1cc(C)ccc1F. The first-order valence-corrected chi connectivity index (χ1v) is 5.23. The largest absolute Gasteiger partial charge is 0.490 e. The van der Waals surface area contributed by atoms with Crippen LogP contribution in [0.25, 0.3) is 0 Å². The molecule has 0 aliphatic rings. The minimum absolute atomic E-state index is 0.0340. The minimum Gasteiger partial charge on any atom is -0.490 e. The summed E-state index contributed by atoms with van der Waals surface area (Å²) in [6, 6.07) is 4.71. The van der Waals surface area contributed by atoms with Crippen molar-refractivity contribution >= 4 is 5.91 Å². The average Bonchev–Trinajstić information content (AvgIpc) is 2.28. The number of halogens is 1. The van der Waals surface area contributed by atoms with Gasteiger partial charge in [0.05, 0.1) is 6.61 Å². The molecule has 0 saturated heterocycles. The van der Waals surface area contributed by atoms with Gasteiger partial charge in [0.25, 0.3) is 0 Å². The fraction of sp³-hybridized carbons (Fsp3) is 0.417. The molecule has 0 aliphatic carbocycles. The summed E-state index contributed by atoms with van der Waals surface area (Å²) in [5.41, 5.74) is 0.947. The van der Waals surface area contributed by atoms with Crippen molar-refractivity contribution in [3.63, 3.8) is 0 Å². The van der Waals surface area contributed by atoms with E-state index in [1.807, 2.05) is 6.92 Å². The molecule has 16 heavy (non-hydrogen) atoms. The first-order valence-electron chi connectivity index (χ1n) is 5.23. The van der Waals surface area contributed by atoms with Gasteiger partial charge < -0.3 is 10.1 Å². The second-order valence-electron chi connectivity index (χ2n) is 3.56. The summed E-state index contributed by atoms with van der Waals surface area (Å²) < 4.78 is 18.5. The van der Waals surface area contributed by atoms with Crippen LogP contribution < -0.4 is 10.1 Å². The van der Waals surface area contributed by atoms with Crippen molar-refractivity contribution < 1.29 is 13.9 Å². The summed E-state index contributed by atoms with van der Waals surface area (Å²) in [7, 11) is 1.59. The molecule has 0 aliphatic heterocycles. The molecule has 1 amide bonds. The van der Waals surface area contributed by atoms with Crippen LogP contribution in [0.3, 0.4) is 0 Å². The number of benzene rings is 1. The van der Waals surface area contributed by atoms with Crippen LogP contribution in [0.5, 0.6) is 5.75 Å². The molecule has 0 fully saturated rings. The lowest BCUT2D eigenvalue weighted by molar-refractivity contribution is -0.120. The van der Waals surface area contributed by atoms with Crippen LogP contribution in [-0.4, -0.2) is 19.6 Å². The molecule has 0 bridgehead atoms. The second kappa shape index (κ2) is 6.10. The molecule has 4 heteroatoms. The van der Waals surface area contributed by atoms with E-state index < -0.39 is 0 Å². The number of hydrogen-bond acceptors (Lipinski definition) is 2. The average molecular weight is 225 g/mol. The molecule has 0 unspecified atom stereocenters. The number of ether oxygens (including phenoxy) is 1. The number of carbonyl (C=O) groups is 1. The Morgan fingerprint density at radius 1 is 1.50 bits per heavy atom. The van der Waals surface area contributed by atoms with Crippen LogP contribution in [0.1, 0.15) is 18.4 Å². The molecule has 88 valence electrons. The summed E-state index contributed by atoms with van der Waals surface area (Å²) in [6.07, 6.45) is 0.969. The number of rotatable bonds is 5. The van der Waals surface area contributed by atoms with E-state index in [0.29, 0.717) is 19.4 Å². The van der Waals surface area contributed by atoms with Crippen LogP contribution in [0.15, 0.2) is 18.2 Å². The highest BCUT2D eigenvalue weighted by Gasteiger charge is 2.03. The normalized spacial score (nSPS) is 9.94. The first-order chi connectivity index (χ1) is 7.63. The number of nitrogens with one attached hydrogen (secondary N) is 1. The summed E-state index contributed by atoms with van der Waals surface area (Å²) >= 11 is 0. The van der Waals surface area contributed by atoms with E-state index in [1.54, 1.807) is 19.2 Å². The molecule has 1 N–H and O–H groups in total. The Morgan fingerprint density at radius 3 is 2.94 bits per heavy atom. The molecular formula is C12H16FNO2. The molecule has 0 heterocycles. The van der Waals surface area contributed by atoms with Gasteiger partial charge in [0.15, 0.2) is 11.6 Å². The van der Waals surface area contributed by atoms with Gasteiger partial charge in [0, 0.05) is 13.5 Å². The second-order valence-corrected chi connectivity index (χ2v) is 3.56. The van der Waals surface area contributed by atoms with Gasteiger partial charge in [-0.1, -0.05) is 6.07 Å². The van der Waals surface area contributed by atoms with E-state index in [2.05, 4.69) is 5.32 Å². The summed E-state index contributed by atoms with van der Waals surface area (Å²) in [5, 5.41) is 2.52. The van der Waals surface area contributed by atoms with E-state index in [9.17, 15) is 9.18 Å². The zero-order chi connectivity index (χ0) is 12.0. The maximum absolute atomic E-state index is 13.2. The Balaban J connectivity index is 2.37. The lowest BCUT2D eigenvalue weighted by Gasteiger charge is -2.07. The van der Waals surface area contributed by atoms with E-state index in [0.717, 1.165) is 5.56 Å². The van der Waals surface area contributed by atoms with E-state index in [-0.39, 0.29) is 17.5 Å². The maximum Gasteiger partial charge on any atom is 0.219 e. The predicted octanol–water partition coefficient (Wildman–Crippen LogP) is 2.04. The highest BCUT2D eigenvalue weighted by molar-refractivity contribution is 5.75. The molecule has 0 spiro atoms. The van der Waals surface area contributed by atoms with Crippen molar-refractivity contribution in [3.8, 4) is 5.75 Å². The van der Waals surface area contributed by atoms with Crippen molar-refractivity contribution in [3.05, 3.63) is 29.6 Å². The zero-order valence-electron chi connectivity index (χ0n) is 9.55. The van der Waals surface area contributed by atoms with Gasteiger partial charge in [-0.15, -0.1) is 0 Å². The Morgan fingerprint density at radius 2 is 2.25 bits per heavy atom. The van der Waals surface area contributed by atoms with Gasteiger partial charge in [-0.3, -0.25) is 4.79 Å². The maximum atomic E-state index is 13.2. The Kier molecular flexibility index (Phi) is 4.76. The van der Waals surface area contributed by atoms with Crippen LogP contribution in [-0.2, 0) is 4.79 Å². The van der Waals surface area contributed by atoms with Gasteiger partial charge in [-0.2, -0.15) is 0 Å². The monoisotopic (exact) mass is 225 g/mol. The lowest BCUT2D eigenvalue weighted by Crippen LogP contribution is -2.18. The fourth-order valence-corrected chi connectivity index (χ4v) is 1.26. The molecule has 0 atom stereocenters. The smallest absolute Gasteiger partial charge is 0.219 e. The van der Waals surface area contributed by atoms with E-state index in [4.69, 9.17) is 4.74 Å². The highest BCUT2D eigenvalue weighted by atomic mass is 19.1. The van der Waals surface area contributed by atoms with E-state index >= 15 is 0 Å². The standard InChI is InChI=1S/C12H16FNO2/c1-9-5-6-10(13)11(8-9)16-7-3-4-12(15)14-2/h5-6,8H,3-4,7H2,1-2H3,(H,14,15). The molecule has 1 rings (SSSR count). The van der Waals surface area contributed by atoms with Crippen LogP contribution in [0, 0.1) is 12.7 Å². The molecular weight excluding hydrogens is 209 g/mol. The third-order valence-electron chi connectivity index (χ3n) is 2.17. The van der Waals surface area contributed by atoms with Crippen molar-refractivity contribution in [1.82, 2.24) is 5.32 Å². The Bertz CT molecular complexity index is 366. The quantitative estimate of drug-likeness (QED) is 0.779. The molecule has 1 aromatic rings. The number of amides is 1. The van der Waals surface area contributed by atoms with Gasteiger partial charge in [-0.05, 0) is 31.0 Å². The topological polar surface area (TPSA) is 38.3 Å². The summed E-state index contributed by atoms with van der Waals surface area (Å²) in [4.78, 5) is 10.9. The van der Waals surface area contributed by atoms with Gasteiger partial charge in [0.1, 0.15) is 0 Å². The minimum atomic E-state index is -0.370. The molecule has 0 radical (unpaired) electrons. The third-order valence-corrected chi connectivity index (χ3v) is 2.17. The predicted molar refractivity (Wildman–Crippen MR) is 59.9 cm³/mol. The van der Waals surface area contributed by atoms with Crippen molar-refractivity contribution in [2.45, 2.75) is 19.8 Å². The van der Waals surface area contributed by atoms with Crippen LogP contribution in [0.4, 0.5) is 4.39 Å². The molecule has 0 saturated carbocycles. The van der Waals surface area contributed by atoms with Gasteiger partial charge >= 0.3 is 0 Å². The summed E-state index contributed by atoms with van der Waals surface area (Å²) in [5.74, 6) is -0.157. The molecule has 0 aromatic heterocycles. The number of carbonyl (C=O) groups excluding carboxylic acids is 1. The third kappa shape index (κ3) is 3.88. The number of hydrogen-bond donors (Lipinski definition) is 1. The highest BCUT2D eigenvalue weighted by Crippen LogP contribution is 2.18. The molecule has 1 aromatic carbocycles. The van der Waals surface area contributed by atoms with E-state index in [1.165, 1.54) is 6.07 Å². The van der Waals surface area contributed by atoms with Crippen LogP contribution in [0.2, 0.25) is 0 Å². The first kappa shape index (κ1) is 12.5.